The standard InChI is InChI=1S/C19H25BrN4/c1-4-15-7-5-6-10-24(15)19-21-14(3)12-18(23-19)22-17-9-8-13(2)11-16(17)20/h8-9,11-12,15H,4-7,10H2,1-3H3,(H,21,22,23). The molecule has 24 heavy (non-hydrogen) atoms. The Balaban J connectivity index is 1.88. The SMILES string of the molecule is CCC1CCCCN1c1nc(C)cc(Nc2ccc(C)cc2Br)n1. The van der Waals surface area contributed by atoms with E-state index in [0.717, 1.165) is 40.6 Å². The van der Waals surface area contributed by atoms with E-state index >= 15 is 0 Å². The fourth-order valence-electron chi connectivity index (χ4n) is 3.29. The van der Waals surface area contributed by atoms with E-state index in [-0.39, 0.29) is 0 Å². The fraction of sp³-hybridized carbons (Fsp3) is 0.474. The van der Waals surface area contributed by atoms with Crippen molar-refractivity contribution in [2.45, 2.75) is 52.5 Å². The summed E-state index contributed by atoms with van der Waals surface area (Å²) in [4.78, 5) is 11.9. The molecule has 4 nitrogen and oxygen atoms in total. The van der Waals surface area contributed by atoms with Gasteiger partial charge in [-0.05, 0) is 73.2 Å². The third kappa shape index (κ3) is 3.89. The van der Waals surface area contributed by atoms with Crippen LogP contribution in [-0.4, -0.2) is 22.6 Å². The van der Waals surface area contributed by atoms with Gasteiger partial charge in [-0.15, -0.1) is 0 Å². The minimum absolute atomic E-state index is 0.555. The molecule has 5 heteroatoms. The summed E-state index contributed by atoms with van der Waals surface area (Å²) in [6.45, 7) is 7.42. The maximum absolute atomic E-state index is 4.80. The number of rotatable bonds is 4. The fourth-order valence-corrected chi connectivity index (χ4v) is 3.89. The van der Waals surface area contributed by atoms with Gasteiger partial charge in [0.25, 0.3) is 0 Å². The Morgan fingerprint density at radius 2 is 2.04 bits per heavy atom. The monoisotopic (exact) mass is 388 g/mol. The van der Waals surface area contributed by atoms with Gasteiger partial charge in [0.15, 0.2) is 0 Å². The van der Waals surface area contributed by atoms with E-state index in [1.165, 1.54) is 24.8 Å². The molecule has 1 aromatic heterocycles. The summed E-state index contributed by atoms with van der Waals surface area (Å²) in [5.74, 6) is 1.70. The van der Waals surface area contributed by atoms with E-state index in [1.807, 2.05) is 13.0 Å². The number of aromatic nitrogens is 2. The zero-order chi connectivity index (χ0) is 17.1. The van der Waals surface area contributed by atoms with Gasteiger partial charge in [0.2, 0.25) is 5.95 Å². The number of hydrogen-bond donors (Lipinski definition) is 1. The Morgan fingerprint density at radius 1 is 1.21 bits per heavy atom. The number of hydrogen-bond acceptors (Lipinski definition) is 4. The predicted molar refractivity (Wildman–Crippen MR) is 104 cm³/mol. The highest BCUT2D eigenvalue weighted by Crippen LogP contribution is 2.29. The van der Waals surface area contributed by atoms with Crippen molar-refractivity contribution in [2.24, 2.45) is 0 Å². The lowest BCUT2D eigenvalue weighted by molar-refractivity contribution is 0.443. The molecule has 1 fully saturated rings. The van der Waals surface area contributed by atoms with Crippen LogP contribution in [0.4, 0.5) is 17.5 Å². The molecule has 0 spiro atoms. The molecule has 2 heterocycles. The van der Waals surface area contributed by atoms with Crippen molar-refractivity contribution < 1.29 is 0 Å². The molecule has 1 saturated heterocycles. The molecule has 3 rings (SSSR count). The lowest BCUT2D eigenvalue weighted by atomic mass is 10.0. The van der Waals surface area contributed by atoms with Gasteiger partial charge in [0, 0.05) is 28.8 Å². The van der Waals surface area contributed by atoms with Gasteiger partial charge < -0.3 is 10.2 Å². The molecule has 1 aliphatic rings. The minimum Gasteiger partial charge on any atom is -0.339 e. The summed E-state index contributed by atoms with van der Waals surface area (Å²) in [5.41, 5.74) is 3.24. The Bertz CT molecular complexity index is 717. The smallest absolute Gasteiger partial charge is 0.227 e. The predicted octanol–water partition coefficient (Wildman–Crippen LogP) is 5.37. The number of benzene rings is 1. The molecule has 0 radical (unpaired) electrons. The summed E-state index contributed by atoms with van der Waals surface area (Å²) in [7, 11) is 0. The maximum atomic E-state index is 4.80. The van der Waals surface area contributed by atoms with Crippen LogP contribution < -0.4 is 10.2 Å². The van der Waals surface area contributed by atoms with Gasteiger partial charge >= 0.3 is 0 Å². The summed E-state index contributed by atoms with van der Waals surface area (Å²) >= 11 is 3.62. The lowest BCUT2D eigenvalue weighted by Crippen LogP contribution is -2.40. The van der Waals surface area contributed by atoms with Crippen LogP contribution in [0.2, 0.25) is 0 Å². The van der Waals surface area contributed by atoms with E-state index in [2.05, 4.69) is 58.2 Å². The van der Waals surface area contributed by atoms with Crippen LogP contribution in [0.1, 0.15) is 43.9 Å². The first-order chi connectivity index (χ1) is 11.6. The normalized spacial score (nSPS) is 17.8. The number of nitrogens with zero attached hydrogens (tertiary/aromatic N) is 3. The number of halogens is 1. The van der Waals surface area contributed by atoms with Gasteiger partial charge in [-0.1, -0.05) is 13.0 Å². The molecule has 128 valence electrons. The number of anilines is 3. The van der Waals surface area contributed by atoms with E-state index in [0.29, 0.717) is 6.04 Å². The van der Waals surface area contributed by atoms with Crippen molar-refractivity contribution in [2.75, 3.05) is 16.8 Å². The summed E-state index contributed by atoms with van der Waals surface area (Å²) in [5, 5.41) is 3.43. The highest BCUT2D eigenvalue weighted by molar-refractivity contribution is 9.10. The zero-order valence-corrected chi connectivity index (χ0v) is 16.2. The quantitative estimate of drug-likeness (QED) is 0.764. The van der Waals surface area contributed by atoms with Gasteiger partial charge in [-0.25, -0.2) is 4.98 Å². The topological polar surface area (TPSA) is 41.1 Å². The summed E-state index contributed by atoms with van der Waals surface area (Å²) in [6, 6.07) is 8.83. The Morgan fingerprint density at radius 3 is 2.79 bits per heavy atom. The van der Waals surface area contributed by atoms with Crippen LogP contribution in [0, 0.1) is 13.8 Å². The molecule has 0 saturated carbocycles. The first-order valence-electron chi connectivity index (χ1n) is 8.72. The highest BCUT2D eigenvalue weighted by atomic mass is 79.9. The average Bonchev–Trinajstić information content (AvgIpc) is 2.57. The largest absolute Gasteiger partial charge is 0.339 e. The van der Waals surface area contributed by atoms with Crippen molar-refractivity contribution in [3.05, 3.63) is 40.0 Å². The molecule has 1 atom stereocenters. The van der Waals surface area contributed by atoms with Crippen molar-refractivity contribution in [1.29, 1.82) is 0 Å². The summed E-state index contributed by atoms with van der Waals surface area (Å²) < 4.78 is 1.05. The van der Waals surface area contributed by atoms with Crippen molar-refractivity contribution >= 4 is 33.4 Å². The second-order valence-electron chi connectivity index (χ2n) is 6.55. The molecule has 0 aliphatic carbocycles. The van der Waals surface area contributed by atoms with E-state index in [9.17, 15) is 0 Å². The Kier molecular flexibility index (Phi) is 5.39. The van der Waals surface area contributed by atoms with E-state index in [1.54, 1.807) is 0 Å². The van der Waals surface area contributed by atoms with E-state index < -0.39 is 0 Å². The molecule has 2 aromatic rings. The second kappa shape index (κ2) is 7.51. The third-order valence-electron chi connectivity index (χ3n) is 4.59. The second-order valence-corrected chi connectivity index (χ2v) is 7.41. The van der Waals surface area contributed by atoms with Crippen LogP contribution in [-0.2, 0) is 0 Å². The Hall–Kier alpha value is -1.62. The number of aryl methyl sites for hydroxylation is 2. The van der Waals surface area contributed by atoms with Crippen molar-refractivity contribution in [1.82, 2.24) is 9.97 Å². The van der Waals surface area contributed by atoms with Crippen LogP contribution in [0.15, 0.2) is 28.7 Å². The van der Waals surface area contributed by atoms with Crippen molar-refractivity contribution in [3.63, 3.8) is 0 Å². The first-order valence-corrected chi connectivity index (χ1v) is 9.51. The number of nitrogens with one attached hydrogen (secondary N) is 1. The molecule has 1 unspecified atom stereocenters. The molecule has 1 aliphatic heterocycles. The molecular formula is C19H25BrN4. The van der Waals surface area contributed by atoms with E-state index in [4.69, 9.17) is 9.97 Å². The molecule has 0 amide bonds. The lowest BCUT2D eigenvalue weighted by Gasteiger charge is -2.35. The third-order valence-corrected chi connectivity index (χ3v) is 5.24. The van der Waals surface area contributed by atoms with Crippen LogP contribution in [0.5, 0.6) is 0 Å². The van der Waals surface area contributed by atoms with Gasteiger partial charge in [0.1, 0.15) is 5.82 Å². The molecule has 0 bridgehead atoms. The van der Waals surface area contributed by atoms with Gasteiger partial charge in [0.05, 0.1) is 5.69 Å². The summed E-state index contributed by atoms with van der Waals surface area (Å²) in [6.07, 6.45) is 4.91. The maximum Gasteiger partial charge on any atom is 0.227 e. The first kappa shape index (κ1) is 17.2. The zero-order valence-electron chi connectivity index (χ0n) is 14.6. The Labute approximate surface area is 152 Å². The number of piperidine rings is 1. The van der Waals surface area contributed by atoms with Crippen molar-refractivity contribution in [3.8, 4) is 0 Å². The minimum atomic E-state index is 0.555. The van der Waals surface area contributed by atoms with Crippen LogP contribution in [0.25, 0.3) is 0 Å². The van der Waals surface area contributed by atoms with Crippen LogP contribution >= 0.6 is 15.9 Å². The average molecular weight is 389 g/mol. The molecule has 1 aromatic carbocycles. The molecular weight excluding hydrogens is 364 g/mol. The molecule has 1 N–H and O–H groups in total. The van der Waals surface area contributed by atoms with Gasteiger partial charge in [-0.2, -0.15) is 4.98 Å². The van der Waals surface area contributed by atoms with Crippen LogP contribution in [0.3, 0.4) is 0 Å². The highest BCUT2D eigenvalue weighted by Gasteiger charge is 2.23. The van der Waals surface area contributed by atoms with Gasteiger partial charge in [-0.3, -0.25) is 0 Å².